The number of rotatable bonds is 7. The van der Waals surface area contributed by atoms with E-state index in [0.717, 1.165) is 32.1 Å². The second-order valence-corrected chi connectivity index (χ2v) is 5.70. The summed E-state index contributed by atoms with van der Waals surface area (Å²) in [4.78, 5) is 23.6. The average molecular weight is 354 g/mol. The average Bonchev–Trinajstić information content (AvgIpc) is 2.51. The maximum atomic E-state index is 13.7. The number of esters is 1. The summed E-state index contributed by atoms with van der Waals surface area (Å²) in [7, 11) is 0. The lowest BCUT2D eigenvalue weighted by molar-refractivity contribution is -0.219. The third-order valence-electron chi connectivity index (χ3n) is 3.95. The van der Waals surface area contributed by atoms with Gasteiger partial charge in [0.15, 0.2) is 0 Å². The van der Waals surface area contributed by atoms with Crippen molar-refractivity contribution in [2.24, 2.45) is 5.92 Å². The van der Waals surface area contributed by atoms with Crippen molar-refractivity contribution in [1.82, 2.24) is 10.6 Å². The van der Waals surface area contributed by atoms with Gasteiger partial charge in [0.05, 0.1) is 13.2 Å². The number of ether oxygens (including phenoxy) is 2. The molecule has 0 spiro atoms. The Morgan fingerprint density at radius 2 is 1.62 bits per heavy atom. The number of hydrogen-bond donors (Lipinski definition) is 2. The zero-order chi connectivity index (χ0) is 18.2. The van der Waals surface area contributed by atoms with E-state index in [1.54, 1.807) is 5.32 Å². The predicted molar refractivity (Wildman–Crippen MR) is 80.2 cm³/mol. The van der Waals surface area contributed by atoms with Gasteiger partial charge in [-0.2, -0.15) is 13.2 Å². The van der Waals surface area contributed by atoms with Crippen LogP contribution in [-0.4, -0.2) is 43.7 Å². The van der Waals surface area contributed by atoms with Gasteiger partial charge < -0.3 is 9.47 Å². The van der Waals surface area contributed by atoms with Crippen molar-refractivity contribution < 1.29 is 32.2 Å². The molecule has 0 bridgehead atoms. The van der Waals surface area contributed by atoms with Crippen LogP contribution < -0.4 is 10.6 Å². The van der Waals surface area contributed by atoms with Crippen molar-refractivity contribution in [2.75, 3.05) is 19.8 Å². The highest BCUT2D eigenvalue weighted by Gasteiger charge is 2.63. The van der Waals surface area contributed by atoms with Gasteiger partial charge in [-0.1, -0.05) is 19.3 Å². The van der Waals surface area contributed by atoms with Crippen molar-refractivity contribution >= 4 is 12.1 Å². The number of carbonyl (C=O) groups excluding carboxylic acids is 2. The molecule has 1 aliphatic rings. The summed E-state index contributed by atoms with van der Waals surface area (Å²) in [5, 5.41) is 3.83. The number of alkyl carbamates (subject to hydrolysis) is 1. The van der Waals surface area contributed by atoms with E-state index in [1.807, 2.05) is 0 Å². The van der Waals surface area contributed by atoms with Crippen LogP contribution >= 0.6 is 0 Å². The number of carbonyl (C=O) groups is 2. The second kappa shape index (κ2) is 9.10. The summed E-state index contributed by atoms with van der Waals surface area (Å²) in [6, 6.07) is 0. The van der Waals surface area contributed by atoms with Crippen LogP contribution in [0.5, 0.6) is 0 Å². The number of nitrogens with one attached hydrogen (secondary N) is 2. The maximum absolute atomic E-state index is 13.7. The zero-order valence-electron chi connectivity index (χ0n) is 14.0. The fourth-order valence-corrected chi connectivity index (χ4v) is 2.70. The van der Waals surface area contributed by atoms with Crippen LogP contribution in [0.25, 0.3) is 0 Å². The monoisotopic (exact) mass is 354 g/mol. The van der Waals surface area contributed by atoms with E-state index in [2.05, 4.69) is 14.8 Å². The molecule has 0 aromatic heterocycles. The predicted octanol–water partition coefficient (Wildman–Crippen LogP) is 2.72. The smallest absolute Gasteiger partial charge is 0.436 e. The minimum atomic E-state index is -5.08. The van der Waals surface area contributed by atoms with E-state index in [0.29, 0.717) is 0 Å². The molecule has 24 heavy (non-hydrogen) atoms. The van der Waals surface area contributed by atoms with Gasteiger partial charge in [0.25, 0.3) is 5.66 Å². The molecule has 140 valence electrons. The van der Waals surface area contributed by atoms with E-state index in [9.17, 15) is 22.8 Å². The number of alkyl halides is 3. The molecule has 0 aliphatic heterocycles. The molecule has 1 amide bonds. The van der Waals surface area contributed by atoms with Gasteiger partial charge in [-0.3, -0.25) is 10.6 Å². The van der Waals surface area contributed by atoms with Gasteiger partial charge in [0.1, 0.15) is 0 Å². The lowest BCUT2D eigenvalue weighted by Gasteiger charge is -2.36. The molecule has 1 saturated carbocycles. The van der Waals surface area contributed by atoms with Crippen LogP contribution in [0.15, 0.2) is 0 Å². The van der Waals surface area contributed by atoms with Crippen LogP contribution in [0.2, 0.25) is 0 Å². The van der Waals surface area contributed by atoms with Crippen LogP contribution in [0.3, 0.4) is 0 Å². The normalized spacial score (nSPS) is 18.5. The number of amides is 1. The lowest BCUT2D eigenvalue weighted by atomic mass is 9.89. The quantitative estimate of drug-likeness (QED) is 0.543. The van der Waals surface area contributed by atoms with Gasteiger partial charge in [0, 0.05) is 6.54 Å². The number of halogens is 3. The molecular formula is C15H25F3N2O4. The van der Waals surface area contributed by atoms with Crippen molar-refractivity contribution in [2.45, 2.75) is 57.8 Å². The summed E-state index contributed by atoms with van der Waals surface area (Å²) in [6.07, 6.45) is -1.92. The van der Waals surface area contributed by atoms with E-state index in [1.165, 1.54) is 13.8 Å². The second-order valence-electron chi connectivity index (χ2n) is 5.70. The van der Waals surface area contributed by atoms with Crippen molar-refractivity contribution in [1.29, 1.82) is 0 Å². The Kier molecular flexibility index (Phi) is 7.78. The van der Waals surface area contributed by atoms with E-state index in [-0.39, 0.29) is 25.7 Å². The van der Waals surface area contributed by atoms with Crippen molar-refractivity contribution in [3.8, 4) is 0 Å². The first kappa shape index (κ1) is 20.5. The molecule has 0 saturated heterocycles. The standard InChI is InChI=1S/C15H25F3N2O4/c1-3-23-12(21)14(15(16,17)18,20-13(22)24-4-2)19-10-11-8-6-5-7-9-11/h11,19H,3-10H2,1-2H3,(H,20,22)/t14-/m0/s1. The fourth-order valence-electron chi connectivity index (χ4n) is 2.70. The van der Waals surface area contributed by atoms with Crippen molar-refractivity contribution in [3.63, 3.8) is 0 Å². The van der Waals surface area contributed by atoms with Crippen LogP contribution in [0.1, 0.15) is 46.0 Å². The molecule has 0 heterocycles. The lowest BCUT2D eigenvalue weighted by Crippen LogP contribution is -2.73. The molecule has 0 unspecified atom stereocenters. The molecule has 1 fully saturated rings. The fraction of sp³-hybridized carbons (Fsp3) is 0.867. The van der Waals surface area contributed by atoms with Gasteiger partial charge in [-0.05, 0) is 32.6 Å². The summed E-state index contributed by atoms with van der Waals surface area (Å²) in [5.74, 6) is -1.58. The first-order valence-electron chi connectivity index (χ1n) is 8.20. The van der Waals surface area contributed by atoms with Gasteiger partial charge in [-0.25, -0.2) is 9.59 Å². The topological polar surface area (TPSA) is 76.7 Å². The minimum absolute atomic E-state index is 0.0129. The molecule has 1 rings (SSSR count). The van der Waals surface area contributed by atoms with Crippen LogP contribution in [0.4, 0.5) is 18.0 Å². The molecular weight excluding hydrogens is 329 g/mol. The van der Waals surface area contributed by atoms with Crippen molar-refractivity contribution in [3.05, 3.63) is 0 Å². The maximum Gasteiger partial charge on any atom is 0.436 e. The Hall–Kier alpha value is -1.51. The Balaban J connectivity index is 2.99. The Morgan fingerprint density at radius 1 is 1.04 bits per heavy atom. The summed E-state index contributed by atoms with van der Waals surface area (Å²) < 4.78 is 50.1. The van der Waals surface area contributed by atoms with E-state index < -0.39 is 23.9 Å². The third kappa shape index (κ3) is 5.25. The highest BCUT2D eigenvalue weighted by atomic mass is 19.4. The first-order chi connectivity index (χ1) is 11.3. The van der Waals surface area contributed by atoms with Gasteiger partial charge >= 0.3 is 18.2 Å². The Morgan fingerprint density at radius 3 is 2.12 bits per heavy atom. The molecule has 2 N–H and O–H groups in total. The Labute approximate surface area is 139 Å². The summed E-state index contributed by atoms with van der Waals surface area (Å²) in [5.41, 5.74) is -3.31. The third-order valence-corrected chi connectivity index (χ3v) is 3.95. The van der Waals surface area contributed by atoms with Crippen LogP contribution in [0, 0.1) is 5.92 Å². The highest BCUT2D eigenvalue weighted by Crippen LogP contribution is 2.31. The molecule has 1 aliphatic carbocycles. The van der Waals surface area contributed by atoms with E-state index >= 15 is 0 Å². The molecule has 6 nitrogen and oxygen atoms in total. The largest absolute Gasteiger partial charge is 0.463 e. The highest BCUT2D eigenvalue weighted by molar-refractivity contribution is 5.86. The molecule has 1 atom stereocenters. The SMILES string of the molecule is CCOC(=O)N[C@@](NCC1CCCCC1)(C(=O)OCC)C(F)(F)F. The molecule has 9 heteroatoms. The van der Waals surface area contributed by atoms with Gasteiger partial charge in [-0.15, -0.1) is 0 Å². The minimum Gasteiger partial charge on any atom is -0.463 e. The molecule has 0 aromatic rings. The number of hydrogen-bond acceptors (Lipinski definition) is 5. The molecule has 0 radical (unpaired) electrons. The van der Waals surface area contributed by atoms with Crippen LogP contribution in [-0.2, 0) is 14.3 Å². The summed E-state index contributed by atoms with van der Waals surface area (Å²) >= 11 is 0. The van der Waals surface area contributed by atoms with E-state index in [4.69, 9.17) is 0 Å². The molecule has 0 aromatic carbocycles. The first-order valence-corrected chi connectivity index (χ1v) is 8.20. The zero-order valence-corrected chi connectivity index (χ0v) is 14.0. The Bertz CT molecular complexity index is 425. The summed E-state index contributed by atoms with van der Waals surface area (Å²) in [6.45, 7) is 2.43. The van der Waals surface area contributed by atoms with Gasteiger partial charge in [0.2, 0.25) is 0 Å².